The monoisotopic (exact) mass is 369 g/mol. The zero-order valence-corrected chi connectivity index (χ0v) is 13.2. The van der Waals surface area contributed by atoms with Crippen LogP contribution in [0.1, 0.15) is 19.8 Å². The van der Waals surface area contributed by atoms with Gasteiger partial charge in [-0.2, -0.15) is 4.72 Å². The van der Waals surface area contributed by atoms with Crippen molar-refractivity contribution in [3.8, 4) is 0 Å². The Balaban J connectivity index is 3.03. The minimum atomic E-state index is -3.90. The fourth-order valence-electron chi connectivity index (χ4n) is 1.42. The Morgan fingerprint density at radius 2 is 2.16 bits per heavy atom. The Morgan fingerprint density at radius 3 is 2.63 bits per heavy atom. The molecule has 5 nitrogen and oxygen atoms in total. The van der Waals surface area contributed by atoms with Gasteiger partial charge in [-0.15, -0.1) is 0 Å². The average Bonchev–Trinajstić information content (AvgIpc) is 2.31. The number of aliphatic carboxylic acids is 1. The predicted molar refractivity (Wildman–Crippen MR) is 75.8 cm³/mol. The Labute approximate surface area is 125 Å². The number of benzene rings is 1. The molecule has 0 spiro atoms. The molecule has 0 radical (unpaired) electrons. The van der Waals surface area contributed by atoms with Crippen molar-refractivity contribution >= 4 is 43.5 Å². The fourth-order valence-corrected chi connectivity index (χ4v) is 3.16. The molecule has 1 unspecified atom stereocenters. The van der Waals surface area contributed by atoms with Crippen LogP contribution in [0.15, 0.2) is 27.6 Å². The molecule has 0 heterocycles. The molecule has 0 aromatic heterocycles. The number of halogens is 2. The van der Waals surface area contributed by atoms with Gasteiger partial charge in [0.1, 0.15) is 6.04 Å². The molecule has 0 aliphatic carbocycles. The highest BCUT2D eigenvalue weighted by Gasteiger charge is 2.24. The summed E-state index contributed by atoms with van der Waals surface area (Å²) in [6, 6.07) is 2.96. The number of sulfonamides is 1. The molecule has 0 saturated carbocycles. The number of carbonyl (C=O) groups is 1. The van der Waals surface area contributed by atoms with Crippen LogP contribution in [0.3, 0.4) is 0 Å². The van der Waals surface area contributed by atoms with Gasteiger partial charge in [0.2, 0.25) is 10.0 Å². The van der Waals surface area contributed by atoms with Gasteiger partial charge in [0, 0.05) is 4.47 Å². The van der Waals surface area contributed by atoms with Crippen molar-refractivity contribution < 1.29 is 18.3 Å². The summed E-state index contributed by atoms with van der Waals surface area (Å²) in [5, 5.41) is 9.19. The van der Waals surface area contributed by atoms with Crippen LogP contribution in [0, 0.1) is 0 Å². The Morgan fingerprint density at radius 1 is 1.53 bits per heavy atom. The van der Waals surface area contributed by atoms with Crippen molar-refractivity contribution in [3.63, 3.8) is 0 Å². The van der Waals surface area contributed by atoms with Crippen molar-refractivity contribution in [2.24, 2.45) is 0 Å². The summed E-state index contributed by atoms with van der Waals surface area (Å²) >= 11 is 8.98. The first kappa shape index (κ1) is 16.4. The van der Waals surface area contributed by atoms with Gasteiger partial charge in [-0.1, -0.05) is 24.9 Å². The third-order valence-corrected chi connectivity index (χ3v) is 5.08. The third-order valence-electron chi connectivity index (χ3n) is 2.37. The van der Waals surface area contributed by atoms with E-state index in [1.807, 2.05) is 0 Å². The molecular weight excluding hydrogens is 358 g/mol. The van der Waals surface area contributed by atoms with Gasteiger partial charge in [-0.25, -0.2) is 8.42 Å². The van der Waals surface area contributed by atoms with E-state index in [1.165, 1.54) is 18.2 Å². The van der Waals surface area contributed by atoms with E-state index in [4.69, 9.17) is 16.7 Å². The minimum absolute atomic E-state index is 0.0666. The van der Waals surface area contributed by atoms with E-state index in [9.17, 15) is 13.2 Å². The molecule has 0 aliphatic heterocycles. The van der Waals surface area contributed by atoms with E-state index in [1.54, 1.807) is 6.92 Å². The van der Waals surface area contributed by atoms with Crippen LogP contribution < -0.4 is 4.72 Å². The average molecular weight is 371 g/mol. The maximum Gasteiger partial charge on any atom is 0.321 e. The molecule has 0 aliphatic rings. The van der Waals surface area contributed by atoms with Crippen LogP contribution in [0.5, 0.6) is 0 Å². The van der Waals surface area contributed by atoms with Crippen LogP contribution in [0.2, 0.25) is 5.02 Å². The lowest BCUT2D eigenvalue weighted by molar-refractivity contribution is -0.139. The minimum Gasteiger partial charge on any atom is -0.480 e. The summed E-state index contributed by atoms with van der Waals surface area (Å²) in [5.74, 6) is -1.20. The van der Waals surface area contributed by atoms with Gasteiger partial charge < -0.3 is 5.11 Å². The molecule has 0 bridgehead atoms. The SMILES string of the molecule is CCCC(NS(=O)(=O)c1ccc(Br)c(Cl)c1)C(=O)O. The molecule has 19 heavy (non-hydrogen) atoms. The maximum atomic E-state index is 12.0. The number of carboxylic acids is 1. The molecule has 1 rings (SSSR count). The van der Waals surface area contributed by atoms with Gasteiger partial charge in [-0.3, -0.25) is 4.79 Å². The summed E-state index contributed by atoms with van der Waals surface area (Å²) in [6.45, 7) is 1.78. The lowest BCUT2D eigenvalue weighted by atomic mass is 10.2. The second kappa shape index (κ2) is 6.69. The summed E-state index contributed by atoms with van der Waals surface area (Å²) in [5.41, 5.74) is 0. The van der Waals surface area contributed by atoms with Crippen LogP contribution in [0.25, 0.3) is 0 Å². The number of hydrogen-bond acceptors (Lipinski definition) is 3. The predicted octanol–water partition coefficient (Wildman–Crippen LogP) is 2.63. The van der Waals surface area contributed by atoms with Crippen molar-refractivity contribution in [1.29, 1.82) is 0 Å². The zero-order chi connectivity index (χ0) is 14.6. The van der Waals surface area contributed by atoms with Crippen molar-refractivity contribution in [3.05, 3.63) is 27.7 Å². The van der Waals surface area contributed by atoms with E-state index in [2.05, 4.69) is 20.7 Å². The zero-order valence-electron chi connectivity index (χ0n) is 10.1. The molecule has 1 aromatic rings. The number of carboxylic acid groups (broad SMARTS) is 1. The van der Waals surface area contributed by atoms with E-state index in [0.29, 0.717) is 10.9 Å². The quantitative estimate of drug-likeness (QED) is 0.806. The summed E-state index contributed by atoms with van der Waals surface area (Å²) < 4.78 is 26.8. The molecular formula is C11H13BrClNO4S. The van der Waals surface area contributed by atoms with Gasteiger partial charge in [0.25, 0.3) is 0 Å². The summed E-state index contributed by atoms with van der Waals surface area (Å²) in [4.78, 5) is 10.9. The molecule has 106 valence electrons. The summed E-state index contributed by atoms with van der Waals surface area (Å²) in [6.07, 6.45) is 0.777. The van der Waals surface area contributed by atoms with E-state index >= 15 is 0 Å². The first-order valence-corrected chi connectivity index (χ1v) is 8.13. The second-order valence-electron chi connectivity index (χ2n) is 3.88. The first-order chi connectivity index (χ1) is 8.77. The molecule has 2 N–H and O–H groups in total. The smallest absolute Gasteiger partial charge is 0.321 e. The van der Waals surface area contributed by atoms with Crippen LogP contribution in [0.4, 0.5) is 0 Å². The normalized spacial score (nSPS) is 13.2. The van der Waals surface area contributed by atoms with Crippen molar-refractivity contribution in [2.75, 3.05) is 0 Å². The lowest BCUT2D eigenvalue weighted by Gasteiger charge is -2.14. The number of nitrogens with one attached hydrogen (secondary N) is 1. The van der Waals surface area contributed by atoms with Gasteiger partial charge in [0.15, 0.2) is 0 Å². The second-order valence-corrected chi connectivity index (χ2v) is 6.85. The first-order valence-electron chi connectivity index (χ1n) is 5.48. The number of rotatable bonds is 6. The lowest BCUT2D eigenvalue weighted by Crippen LogP contribution is -2.40. The third kappa shape index (κ3) is 4.45. The van der Waals surface area contributed by atoms with E-state index < -0.39 is 22.0 Å². The molecule has 1 aromatic carbocycles. The Bertz CT molecular complexity index is 576. The van der Waals surface area contributed by atoms with Crippen LogP contribution in [-0.4, -0.2) is 25.5 Å². The fraction of sp³-hybridized carbons (Fsp3) is 0.364. The van der Waals surface area contributed by atoms with Gasteiger partial charge in [0.05, 0.1) is 9.92 Å². The highest BCUT2D eigenvalue weighted by molar-refractivity contribution is 9.10. The highest BCUT2D eigenvalue weighted by atomic mass is 79.9. The van der Waals surface area contributed by atoms with Crippen molar-refractivity contribution in [1.82, 2.24) is 4.72 Å². The van der Waals surface area contributed by atoms with Gasteiger partial charge >= 0.3 is 5.97 Å². The topological polar surface area (TPSA) is 83.5 Å². The van der Waals surface area contributed by atoms with Gasteiger partial charge in [-0.05, 0) is 40.5 Å². The summed E-state index contributed by atoms with van der Waals surface area (Å²) in [7, 11) is -3.90. The van der Waals surface area contributed by atoms with Crippen LogP contribution in [-0.2, 0) is 14.8 Å². The molecule has 0 amide bonds. The highest BCUT2D eigenvalue weighted by Crippen LogP contribution is 2.25. The Kier molecular flexibility index (Phi) is 5.79. The maximum absolute atomic E-state index is 12.0. The molecule has 8 heteroatoms. The largest absolute Gasteiger partial charge is 0.480 e. The standard InChI is InChI=1S/C11H13BrClNO4S/c1-2-3-10(11(15)16)14-19(17,18)7-4-5-8(12)9(13)6-7/h4-6,10,14H,2-3H2,1H3,(H,15,16). The molecule has 1 atom stereocenters. The molecule has 0 fully saturated rings. The van der Waals surface area contributed by atoms with E-state index in [0.717, 1.165) is 0 Å². The number of hydrogen-bond donors (Lipinski definition) is 2. The van der Waals surface area contributed by atoms with E-state index in [-0.39, 0.29) is 16.3 Å². The van der Waals surface area contributed by atoms with Crippen LogP contribution >= 0.6 is 27.5 Å². The van der Waals surface area contributed by atoms with Crippen molar-refractivity contribution in [2.45, 2.75) is 30.7 Å². The Hall–Kier alpha value is -0.630. The molecule has 0 saturated heterocycles.